The lowest BCUT2D eigenvalue weighted by molar-refractivity contribution is -0.442. The van der Waals surface area contributed by atoms with Gasteiger partial charge in [-0.15, -0.1) is 0 Å². The zero-order chi connectivity index (χ0) is 25.0. The second-order valence-electron chi connectivity index (χ2n) is 5.80. The minimum Gasteiger partial charge on any atom is -0.281 e. The molecule has 0 saturated heterocycles. The van der Waals surface area contributed by atoms with Crippen molar-refractivity contribution in [1.29, 1.82) is 0 Å². The zero-order valence-corrected chi connectivity index (χ0v) is 16.5. The fraction of sp³-hybridized carbons (Fsp3) is 0.538. The van der Waals surface area contributed by atoms with Gasteiger partial charge in [-0.2, -0.15) is 43.5 Å². The molecule has 0 aliphatic heterocycles. The summed E-state index contributed by atoms with van der Waals surface area (Å²) in [5.41, 5.74) is -2.40. The average molecular weight is 516 g/mol. The van der Waals surface area contributed by atoms with Crippen molar-refractivity contribution in [3.8, 4) is 0 Å². The third-order valence-corrected chi connectivity index (χ3v) is 6.43. The Labute approximate surface area is 167 Å². The standard InChI is InChI=1S/C13H10F10O6S2/c1-3-6-7(14)4-5(2)8(15)9(6)30(24,25)12(20,21)10(16,17)29-11(18,19)13(22,23)31(26,27)28/h4H,3H2,1-2H3,(H,26,27,28). The topological polar surface area (TPSA) is 97.7 Å². The minimum atomic E-state index is -7.24. The van der Waals surface area contributed by atoms with Gasteiger partial charge < -0.3 is 0 Å². The van der Waals surface area contributed by atoms with Crippen LogP contribution in [0, 0.1) is 18.6 Å². The first-order chi connectivity index (χ1) is 13.5. The Balaban J connectivity index is 3.73. The number of halogens is 10. The van der Waals surface area contributed by atoms with Gasteiger partial charge in [0, 0.05) is 5.56 Å². The number of hydrogen-bond acceptors (Lipinski definition) is 5. The first-order valence-electron chi connectivity index (χ1n) is 7.40. The lowest BCUT2D eigenvalue weighted by Gasteiger charge is -2.31. The predicted octanol–water partition coefficient (Wildman–Crippen LogP) is 3.88. The number of sulfone groups is 1. The van der Waals surface area contributed by atoms with E-state index in [1.165, 1.54) is 0 Å². The Kier molecular flexibility index (Phi) is 6.83. The van der Waals surface area contributed by atoms with Crippen LogP contribution in [0.1, 0.15) is 18.1 Å². The van der Waals surface area contributed by atoms with Crippen LogP contribution in [0.15, 0.2) is 11.0 Å². The van der Waals surface area contributed by atoms with Crippen LogP contribution in [0.4, 0.5) is 43.9 Å². The number of hydrogen-bond donors (Lipinski definition) is 1. The molecule has 0 unspecified atom stereocenters. The lowest BCUT2D eigenvalue weighted by atomic mass is 10.1. The van der Waals surface area contributed by atoms with Gasteiger partial charge in [-0.1, -0.05) is 6.92 Å². The summed E-state index contributed by atoms with van der Waals surface area (Å²) in [4.78, 5) is -2.38. The molecule has 1 aromatic carbocycles. The fourth-order valence-corrected chi connectivity index (χ4v) is 4.00. The van der Waals surface area contributed by atoms with E-state index in [9.17, 15) is 60.7 Å². The number of aryl methyl sites for hydroxylation is 1. The molecule has 0 fully saturated rings. The smallest absolute Gasteiger partial charge is 0.281 e. The Hall–Kier alpha value is -1.66. The van der Waals surface area contributed by atoms with Crippen LogP contribution < -0.4 is 0 Å². The van der Waals surface area contributed by atoms with Gasteiger partial charge in [0.2, 0.25) is 0 Å². The van der Waals surface area contributed by atoms with Crippen molar-refractivity contribution in [2.75, 3.05) is 0 Å². The number of benzene rings is 1. The predicted molar refractivity (Wildman–Crippen MR) is 80.1 cm³/mol. The quantitative estimate of drug-likeness (QED) is 0.416. The van der Waals surface area contributed by atoms with E-state index < -0.39 is 76.8 Å². The van der Waals surface area contributed by atoms with Crippen LogP contribution in [-0.2, 0) is 31.1 Å². The van der Waals surface area contributed by atoms with Gasteiger partial charge in [0.1, 0.15) is 16.5 Å². The molecule has 180 valence electrons. The SMILES string of the molecule is CCc1c(F)cc(C)c(F)c1S(=O)(=O)C(F)(F)C(F)(F)OC(F)(F)C(F)(F)S(=O)(=O)O. The van der Waals surface area contributed by atoms with Gasteiger partial charge >= 0.3 is 32.8 Å². The largest absolute Gasteiger partial charge is 0.460 e. The molecule has 6 nitrogen and oxygen atoms in total. The Morgan fingerprint density at radius 2 is 1.32 bits per heavy atom. The maximum absolute atomic E-state index is 14.2. The molecule has 0 heterocycles. The van der Waals surface area contributed by atoms with E-state index in [1.807, 2.05) is 4.74 Å². The summed E-state index contributed by atoms with van der Waals surface area (Å²) in [5.74, 6) is -3.84. The highest BCUT2D eigenvalue weighted by atomic mass is 32.2. The summed E-state index contributed by atoms with van der Waals surface area (Å²) in [6, 6.07) is 0.306. The third kappa shape index (κ3) is 4.21. The van der Waals surface area contributed by atoms with E-state index in [-0.39, 0.29) is 0 Å². The molecule has 0 aliphatic rings. The third-order valence-electron chi connectivity index (χ3n) is 3.67. The van der Waals surface area contributed by atoms with Crippen LogP contribution in [0.25, 0.3) is 0 Å². The summed E-state index contributed by atoms with van der Waals surface area (Å²) >= 11 is 0. The van der Waals surface area contributed by atoms with Crippen molar-refractivity contribution in [3.63, 3.8) is 0 Å². The van der Waals surface area contributed by atoms with Crippen molar-refractivity contribution in [1.82, 2.24) is 0 Å². The molecule has 1 rings (SSSR count). The molecule has 31 heavy (non-hydrogen) atoms. The summed E-state index contributed by atoms with van der Waals surface area (Å²) in [5, 5.41) is -13.9. The van der Waals surface area contributed by atoms with Crippen LogP contribution in [0.3, 0.4) is 0 Å². The summed E-state index contributed by atoms with van der Waals surface area (Å²) in [6.45, 7) is 1.50. The molecule has 0 amide bonds. The van der Waals surface area contributed by atoms with E-state index in [2.05, 4.69) is 0 Å². The van der Waals surface area contributed by atoms with E-state index >= 15 is 0 Å². The Bertz CT molecular complexity index is 1080. The molecule has 0 bridgehead atoms. The molecule has 0 atom stereocenters. The molecule has 1 N–H and O–H groups in total. The maximum atomic E-state index is 14.2. The second kappa shape index (κ2) is 7.73. The van der Waals surface area contributed by atoms with Crippen molar-refractivity contribution in [2.45, 2.75) is 47.9 Å². The normalized spacial score (nSPS) is 14.7. The highest BCUT2D eigenvalue weighted by molar-refractivity contribution is 7.92. The highest BCUT2D eigenvalue weighted by Crippen LogP contribution is 2.50. The van der Waals surface area contributed by atoms with E-state index in [0.717, 1.165) is 6.92 Å². The van der Waals surface area contributed by atoms with E-state index in [1.54, 1.807) is 0 Å². The second-order valence-corrected chi connectivity index (χ2v) is 9.19. The number of alkyl halides is 8. The van der Waals surface area contributed by atoms with Crippen molar-refractivity contribution < 1.29 is 70.0 Å². The van der Waals surface area contributed by atoms with Gasteiger partial charge in [-0.3, -0.25) is 4.55 Å². The minimum absolute atomic E-state index is 0.306. The first kappa shape index (κ1) is 27.4. The van der Waals surface area contributed by atoms with Crippen molar-refractivity contribution in [2.24, 2.45) is 0 Å². The number of rotatable bonds is 8. The van der Waals surface area contributed by atoms with Gasteiger partial charge in [0.15, 0.2) is 0 Å². The monoisotopic (exact) mass is 516 g/mol. The highest BCUT2D eigenvalue weighted by Gasteiger charge is 2.77. The molecule has 0 radical (unpaired) electrons. The lowest BCUT2D eigenvalue weighted by Crippen LogP contribution is -2.57. The summed E-state index contributed by atoms with van der Waals surface area (Å²) in [6.07, 6.45) is -15.2. The van der Waals surface area contributed by atoms with Crippen LogP contribution in [-0.4, -0.2) is 44.1 Å². The van der Waals surface area contributed by atoms with E-state index in [0.29, 0.717) is 13.0 Å². The van der Waals surface area contributed by atoms with Crippen molar-refractivity contribution in [3.05, 3.63) is 28.8 Å². The van der Waals surface area contributed by atoms with Crippen molar-refractivity contribution >= 4 is 20.0 Å². The molecule has 0 aliphatic carbocycles. The van der Waals surface area contributed by atoms with Crippen LogP contribution >= 0.6 is 0 Å². The summed E-state index contributed by atoms with van der Waals surface area (Å²) in [7, 11) is -14.4. The maximum Gasteiger partial charge on any atom is 0.460 e. The fourth-order valence-electron chi connectivity index (χ4n) is 2.08. The average Bonchev–Trinajstić information content (AvgIpc) is 2.55. The Morgan fingerprint density at radius 1 is 0.903 bits per heavy atom. The molecule has 0 spiro atoms. The van der Waals surface area contributed by atoms with Gasteiger partial charge in [-0.25, -0.2) is 21.9 Å². The molecule has 18 heteroatoms. The Morgan fingerprint density at radius 3 is 1.71 bits per heavy atom. The summed E-state index contributed by atoms with van der Waals surface area (Å²) < 4.78 is 190. The molecular weight excluding hydrogens is 506 g/mol. The van der Waals surface area contributed by atoms with Crippen LogP contribution in [0.2, 0.25) is 0 Å². The van der Waals surface area contributed by atoms with Gasteiger partial charge in [0.25, 0.3) is 9.84 Å². The zero-order valence-electron chi connectivity index (χ0n) is 14.9. The molecule has 0 saturated carbocycles. The molecule has 0 aromatic heterocycles. The molecular formula is C13H10F10O6S2. The van der Waals surface area contributed by atoms with Crippen LogP contribution in [0.5, 0.6) is 0 Å². The van der Waals surface area contributed by atoms with E-state index in [4.69, 9.17) is 4.55 Å². The van der Waals surface area contributed by atoms with Gasteiger partial charge in [-0.05, 0) is 25.0 Å². The van der Waals surface area contributed by atoms with Gasteiger partial charge in [0.05, 0.1) is 0 Å². The number of ether oxygens (including phenoxy) is 1. The molecule has 1 aromatic rings. The first-order valence-corrected chi connectivity index (χ1v) is 10.3.